The zero-order valence-electron chi connectivity index (χ0n) is 14.9. The second-order valence-electron chi connectivity index (χ2n) is 6.81. The summed E-state index contributed by atoms with van der Waals surface area (Å²) in [6.45, 7) is 2.85. The van der Waals surface area contributed by atoms with Crippen molar-refractivity contribution < 1.29 is 13.5 Å². The highest BCUT2D eigenvalue weighted by atomic mass is 19.1. The molecule has 136 valence electrons. The molecular formula is C21H27F2NO. The zero-order valence-corrected chi connectivity index (χ0v) is 14.9. The second-order valence-corrected chi connectivity index (χ2v) is 6.81. The van der Waals surface area contributed by atoms with Crippen molar-refractivity contribution in [1.82, 2.24) is 0 Å². The van der Waals surface area contributed by atoms with E-state index in [1.807, 2.05) is 6.92 Å². The lowest BCUT2D eigenvalue weighted by atomic mass is 9.83. The first kappa shape index (κ1) is 19.6. The van der Waals surface area contributed by atoms with Gasteiger partial charge >= 0.3 is 0 Å². The summed E-state index contributed by atoms with van der Waals surface area (Å²) in [5, 5.41) is 8.71. The fourth-order valence-corrected chi connectivity index (χ4v) is 3.45. The van der Waals surface area contributed by atoms with Crippen LogP contribution in [-0.2, 0) is 11.2 Å². The van der Waals surface area contributed by atoms with Gasteiger partial charge in [0.05, 0.1) is 6.10 Å². The quantitative estimate of drug-likeness (QED) is 0.446. The number of benzene rings is 1. The predicted octanol–water partition coefficient (Wildman–Crippen LogP) is 5.70. The highest BCUT2D eigenvalue weighted by Crippen LogP contribution is 2.30. The van der Waals surface area contributed by atoms with Crippen LogP contribution in [-0.4, -0.2) is 12.7 Å². The van der Waals surface area contributed by atoms with Gasteiger partial charge < -0.3 is 4.74 Å². The Morgan fingerprint density at radius 1 is 1.20 bits per heavy atom. The second kappa shape index (κ2) is 10.3. The minimum atomic E-state index is -0.757. The number of rotatable bonds is 8. The van der Waals surface area contributed by atoms with Crippen LogP contribution in [0.25, 0.3) is 0 Å². The van der Waals surface area contributed by atoms with Gasteiger partial charge in [-0.05, 0) is 81.9 Å². The predicted molar refractivity (Wildman–Crippen MR) is 95.1 cm³/mol. The molecule has 0 atom stereocenters. The Bertz CT molecular complexity index is 590. The first-order chi connectivity index (χ1) is 12.1. The van der Waals surface area contributed by atoms with Gasteiger partial charge in [-0.3, -0.25) is 0 Å². The van der Waals surface area contributed by atoms with Gasteiger partial charge in [0.15, 0.2) is 0 Å². The van der Waals surface area contributed by atoms with Gasteiger partial charge in [-0.1, -0.05) is 12.2 Å². The molecule has 1 aromatic rings. The molecule has 0 amide bonds. The van der Waals surface area contributed by atoms with E-state index in [0.29, 0.717) is 24.0 Å². The van der Waals surface area contributed by atoms with Gasteiger partial charge in [0.2, 0.25) is 0 Å². The molecule has 0 spiro atoms. The van der Waals surface area contributed by atoms with Crippen LogP contribution in [0.4, 0.5) is 8.78 Å². The number of hydrogen-bond acceptors (Lipinski definition) is 2. The molecular weight excluding hydrogens is 320 g/mol. The summed E-state index contributed by atoms with van der Waals surface area (Å²) in [6, 6.07) is 4.15. The van der Waals surface area contributed by atoms with Crippen LogP contribution in [0.15, 0.2) is 24.3 Å². The topological polar surface area (TPSA) is 33.0 Å². The first-order valence-electron chi connectivity index (χ1n) is 9.24. The van der Waals surface area contributed by atoms with Crippen molar-refractivity contribution in [3.8, 4) is 6.07 Å². The lowest BCUT2D eigenvalue weighted by molar-refractivity contribution is 0.0164. The molecule has 0 radical (unpaired) electrons. The molecule has 1 aliphatic carbocycles. The lowest BCUT2D eigenvalue weighted by Gasteiger charge is -2.28. The molecule has 1 aliphatic rings. The molecule has 2 nitrogen and oxygen atoms in total. The largest absolute Gasteiger partial charge is 0.378 e. The number of nitrogens with zero attached hydrogens (tertiary/aromatic N) is 1. The zero-order chi connectivity index (χ0) is 18.1. The number of allylic oxidation sites excluding steroid dienone is 2. The maximum atomic E-state index is 13.6. The molecule has 0 aromatic heterocycles. The molecule has 0 heterocycles. The average molecular weight is 347 g/mol. The van der Waals surface area contributed by atoms with Crippen molar-refractivity contribution in [1.29, 1.82) is 5.26 Å². The molecule has 0 aliphatic heterocycles. The molecule has 0 unspecified atom stereocenters. The standard InChI is InChI=1S/C21H27F2NO/c1-2-3-4-5-12-25-18-10-8-16(9-11-18)6-7-17-13-20(22)19(15-24)21(23)14-17/h2-3,13-14,16,18H,4-12H2,1H3/b3-2+. The van der Waals surface area contributed by atoms with Gasteiger partial charge in [0.25, 0.3) is 0 Å². The summed E-state index contributed by atoms with van der Waals surface area (Å²) in [7, 11) is 0. The SMILES string of the molecule is C/C=C/CCCOC1CCC(CCc2cc(F)c(C#N)c(F)c2)CC1. The average Bonchev–Trinajstić information content (AvgIpc) is 2.60. The Morgan fingerprint density at radius 2 is 1.88 bits per heavy atom. The van der Waals surface area contributed by atoms with E-state index in [2.05, 4.69) is 12.2 Å². The Labute approximate surface area is 149 Å². The van der Waals surface area contributed by atoms with Gasteiger partial charge in [0.1, 0.15) is 23.3 Å². The molecule has 2 rings (SSSR count). The summed E-state index contributed by atoms with van der Waals surface area (Å²) in [4.78, 5) is 0. The van der Waals surface area contributed by atoms with E-state index in [4.69, 9.17) is 10.00 Å². The maximum Gasteiger partial charge on any atom is 0.144 e. The fraction of sp³-hybridized carbons (Fsp3) is 0.571. The molecule has 1 aromatic carbocycles. The summed E-state index contributed by atoms with van der Waals surface area (Å²) in [6.07, 6.45) is 12.7. The van der Waals surface area contributed by atoms with Crippen molar-refractivity contribution >= 4 is 0 Å². The van der Waals surface area contributed by atoms with Crippen molar-refractivity contribution in [3.63, 3.8) is 0 Å². The van der Waals surface area contributed by atoms with Crippen molar-refractivity contribution in [2.24, 2.45) is 5.92 Å². The van der Waals surface area contributed by atoms with Crippen molar-refractivity contribution in [2.45, 2.75) is 64.4 Å². The summed E-state index contributed by atoms with van der Waals surface area (Å²) < 4.78 is 33.2. The maximum absolute atomic E-state index is 13.6. The first-order valence-corrected chi connectivity index (χ1v) is 9.24. The summed E-state index contributed by atoms with van der Waals surface area (Å²) in [5.41, 5.74) is 0.146. The van der Waals surface area contributed by atoms with Gasteiger partial charge in [-0.2, -0.15) is 5.26 Å². The summed E-state index contributed by atoms with van der Waals surface area (Å²) >= 11 is 0. The number of ether oxygens (including phenoxy) is 1. The van der Waals surface area contributed by atoms with E-state index in [1.54, 1.807) is 6.07 Å². The molecule has 1 saturated carbocycles. The van der Waals surface area contributed by atoms with E-state index in [0.717, 1.165) is 51.6 Å². The van der Waals surface area contributed by atoms with Crippen LogP contribution >= 0.6 is 0 Å². The van der Waals surface area contributed by atoms with Crippen LogP contribution in [0.5, 0.6) is 0 Å². The highest BCUT2D eigenvalue weighted by molar-refractivity contribution is 5.35. The number of halogens is 2. The summed E-state index contributed by atoms with van der Waals surface area (Å²) in [5.74, 6) is -0.926. The number of unbranched alkanes of at least 4 members (excludes halogenated alkanes) is 1. The Balaban J connectivity index is 1.70. The van der Waals surface area contributed by atoms with Crippen molar-refractivity contribution in [3.05, 3.63) is 47.0 Å². The van der Waals surface area contributed by atoms with E-state index in [-0.39, 0.29) is 0 Å². The molecule has 0 N–H and O–H groups in total. The van der Waals surface area contributed by atoms with Crippen molar-refractivity contribution in [2.75, 3.05) is 6.61 Å². The third kappa shape index (κ3) is 6.25. The van der Waals surface area contributed by atoms with Crippen LogP contribution in [0.3, 0.4) is 0 Å². The molecule has 0 bridgehead atoms. The minimum Gasteiger partial charge on any atom is -0.378 e. The Morgan fingerprint density at radius 3 is 2.48 bits per heavy atom. The monoisotopic (exact) mass is 347 g/mol. The Hall–Kier alpha value is -1.73. The normalized spacial score (nSPS) is 20.7. The minimum absolute atomic E-state index is 0.367. The van der Waals surface area contributed by atoms with E-state index in [1.165, 1.54) is 12.1 Å². The molecule has 1 fully saturated rings. The van der Waals surface area contributed by atoms with Gasteiger partial charge in [-0.25, -0.2) is 8.78 Å². The number of nitriles is 1. The lowest BCUT2D eigenvalue weighted by Crippen LogP contribution is -2.22. The third-order valence-electron chi connectivity index (χ3n) is 4.95. The van der Waals surface area contributed by atoms with Crippen LogP contribution < -0.4 is 0 Å². The molecule has 25 heavy (non-hydrogen) atoms. The van der Waals surface area contributed by atoms with Crippen LogP contribution in [0.2, 0.25) is 0 Å². The van der Waals surface area contributed by atoms with E-state index in [9.17, 15) is 8.78 Å². The van der Waals surface area contributed by atoms with Crippen LogP contribution in [0.1, 0.15) is 63.0 Å². The van der Waals surface area contributed by atoms with Crippen LogP contribution in [0, 0.1) is 28.9 Å². The molecule has 0 saturated heterocycles. The van der Waals surface area contributed by atoms with Gasteiger partial charge in [0, 0.05) is 6.61 Å². The number of aryl methyl sites for hydroxylation is 1. The third-order valence-corrected chi connectivity index (χ3v) is 4.95. The van der Waals surface area contributed by atoms with E-state index < -0.39 is 17.2 Å². The molecule has 4 heteroatoms. The Kier molecular flexibility index (Phi) is 8.08. The number of hydrogen-bond donors (Lipinski definition) is 0. The van der Waals surface area contributed by atoms with E-state index >= 15 is 0 Å². The van der Waals surface area contributed by atoms with Gasteiger partial charge in [-0.15, -0.1) is 0 Å². The smallest absolute Gasteiger partial charge is 0.144 e. The fourth-order valence-electron chi connectivity index (χ4n) is 3.45. The highest BCUT2D eigenvalue weighted by Gasteiger charge is 2.21.